The number of nitrogen functional groups attached to an aromatic ring is 1. The Bertz CT molecular complexity index is 803. The Balaban J connectivity index is 2.23. The summed E-state index contributed by atoms with van der Waals surface area (Å²) in [4.78, 5) is 4.34. The predicted octanol–water partition coefficient (Wildman–Crippen LogP) is 5.21. The van der Waals surface area contributed by atoms with Crippen LogP contribution in [0.5, 0.6) is 0 Å². The molecule has 2 rings (SSSR count). The van der Waals surface area contributed by atoms with E-state index in [9.17, 15) is 10.5 Å². The Morgan fingerprint density at radius 1 is 1.00 bits per heavy atom. The van der Waals surface area contributed by atoms with E-state index in [0.29, 0.717) is 28.3 Å². The first kappa shape index (κ1) is 19.8. The van der Waals surface area contributed by atoms with Gasteiger partial charge in [-0.05, 0) is 24.0 Å². The first-order valence-corrected chi connectivity index (χ1v) is 9.99. The molecule has 0 unspecified atom stereocenters. The fourth-order valence-corrected chi connectivity index (χ4v) is 3.83. The number of anilines is 1. The van der Waals surface area contributed by atoms with Crippen molar-refractivity contribution in [3.8, 4) is 12.1 Å². The van der Waals surface area contributed by atoms with Gasteiger partial charge in [0, 0.05) is 5.75 Å². The van der Waals surface area contributed by atoms with E-state index >= 15 is 0 Å². The number of nitrogens with two attached hydrogens (primary N) is 1. The van der Waals surface area contributed by atoms with Gasteiger partial charge >= 0.3 is 0 Å². The molecule has 1 aromatic heterocycles. The molecule has 0 aliphatic rings. The topological polar surface area (TPSA) is 86.5 Å². The number of nitrogens with zero attached hydrogens (tertiary/aromatic N) is 3. The first-order chi connectivity index (χ1) is 12.7. The lowest BCUT2D eigenvalue weighted by molar-refractivity contribution is 0.631. The van der Waals surface area contributed by atoms with Crippen molar-refractivity contribution in [2.24, 2.45) is 0 Å². The lowest BCUT2D eigenvalue weighted by Gasteiger charge is -2.12. The van der Waals surface area contributed by atoms with Crippen LogP contribution in [0.25, 0.3) is 0 Å². The minimum Gasteiger partial charge on any atom is -0.383 e. The highest BCUT2D eigenvalue weighted by Gasteiger charge is 2.18. The number of benzene rings is 1. The third kappa shape index (κ3) is 5.25. The van der Waals surface area contributed by atoms with Gasteiger partial charge < -0.3 is 5.73 Å². The van der Waals surface area contributed by atoms with Gasteiger partial charge in [-0.2, -0.15) is 10.5 Å². The summed E-state index contributed by atoms with van der Waals surface area (Å²) in [5.41, 5.74) is 8.81. The Labute approximate surface area is 160 Å². The fraction of sp³-hybridized carbons (Fsp3) is 0.381. The van der Waals surface area contributed by atoms with Gasteiger partial charge in [-0.15, -0.1) is 11.8 Å². The zero-order chi connectivity index (χ0) is 18.8. The molecular formula is C21H24N4S. The Hall–Kier alpha value is -2.50. The van der Waals surface area contributed by atoms with E-state index < -0.39 is 0 Å². The Morgan fingerprint density at radius 2 is 1.69 bits per heavy atom. The highest BCUT2D eigenvalue weighted by atomic mass is 32.2. The van der Waals surface area contributed by atoms with Gasteiger partial charge in [0.1, 0.15) is 23.0 Å². The van der Waals surface area contributed by atoms with Crippen molar-refractivity contribution in [2.45, 2.75) is 56.2 Å². The summed E-state index contributed by atoms with van der Waals surface area (Å²) in [7, 11) is 0. The van der Waals surface area contributed by atoms with Crippen LogP contribution in [0.4, 0.5) is 5.82 Å². The Morgan fingerprint density at radius 3 is 2.35 bits per heavy atom. The lowest BCUT2D eigenvalue weighted by atomic mass is 9.98. The minimum atomic E-state index is 0.227. The maximum atomic E-state index is 9.69. The molecule has 1 heterocycles. The molecule has 0 spiro atoms. The van der Waals surface area contributed by atoms with Crippen LogP contribution in [-0.2, 0) is 12.2 Å². The molecule has 2 aromatic rings. The quantitative estimate of drug-likeness (QED) is 0.487. The average molecular weight is 365 g/mol. The van der Waals surface area contributed by atoms with Crippen LogP contribution in [0.2, 0.25) is 0 Å². The number of nitriles is 2. The zero-order valence-electron chi connectivity index (χ0n) is 15.2. The van der Waals surface area contributed by atoms with Crippen molar-refractivity contribution in [3.05, 3.63) is 52.6 Å². The molecule has 134 valence electrons. The summed E-state index contributed by atoms with van der Waals surface area (Å²) in [5, 5.41) is 19.8. The molecule has 0 atom stereocenters. The molecule has 4 nitrogen and oxygen atoms in total. The van der Waals surface area contributed by atoms with Crippen LogP contribution in [0.3, 0.4) is 0 Å². The molecule has 0 saturated heterocycles. The second-order valence-electron chi connectivity index (χ2n) is 6.19. The molecule has 0 radical (unpaired) electrons. The van der Waals surface area contributed by atoms with E-state index in [0.717, 1.165) is 24.0 Å². The summed E-state index contributed by atoms with van der Waals surface area (Å²) in [6.45, 7) is 2.18. The van der Waals surface area contributed by atoms with E-state index in [-0.39, 0.29) is 5.82 Å². The monoisotopic (exact) mass is 364 g/mol. The second-order valence-corrected chi connectivity index (χ2v) is 7.16. The maximum Gasteiger partial charge on any atom is 0.143 e. The van der Waals surface area contributed by atoms with Crippen LogP contribution in [0, 0.1) is 22.7 Å². The highest BCUT2D eigenvalue weighted by molar-refractivity contribution is 7.98. The number of pyridine rings is 1. The maximum absolute atomic E-state index is 9.69. The van der Waals surface area contributed by atoms with E-state index in [2.05, 4.69) is 24.0 Å². The molecular weight excluding hydrogens is 340 g/mol. The van der Waals surface area contributed by atoms with Gasteiger partial charge in [-0.1, -0.05) is 62.9 Å². The van der Waals surface area contributed by atoms with Gasteiger partial charge in [0.25, 0.3) is 0 Å². The number of hydrogen-bond acceptors (Lipinski definition) is 5. The molecule has 0 bridgehead atoms. The smallest absolute Gasteiger partial charge is 0.143 e. The first-order valence-electron chi connectivity index (χ1n) is 9.00. The van der Waals surface area contributed by atoms with Crippen LogP contribution >= 0.6 is 11.8 Å². The van der Waals surface area contributed by atoms with Gasteiger partial charge in [0.15, 0.2) is 0 Å². The van der Waals surface area contributed by atoms with Crippen LogP contribution in [-0.4, -0.2) is 4.98 Å². The third-order valence-electron chi connectivity index (χ3n) is 4.27. The fourth-order valence-electron chi connectivity index (χ4n) is 2.86. The summed E-state index contributed by atoms with van der Waals surface area (Å²) in [5.74, 6) is 0.940. The lowest BCUT2D eigenvalue weighted by Crippen LogP contribution is -2.06. The summed E-state index contributed by atoms with van der Waals surface area (Å²) < 4.78 is 0. The molecule has 26 heavy (non-hydrogen) atoms. The highest BCUT2D eigenvalue weighted by Crippen LogP contribution is 2.31. The van der Waals surface area contributed by atoms with Crippen molar-refractivity contribution in [1.29, 1.82) is 10.5 Å². The number of rotatable bonds is 9. The molecule has 0 aliphatic heterocycles. The van der Waals surface area contributed by atoms with Gasteiger partial charge in [-0.25, -0.2) is 4.98 Å². The standard InChI is InChI=1S/C21H24N4S/c1-2-3-4-5-9-12-17-18(13-22)20(24)25-21(19(17)14-23)26-15-16-10-7-6-8-11-16/h6-8,10-11H,2-5,9,12,15H2,1H3,(H2,24,25). The third-order valence-corrected chi connectivity index (χ3v) is 5.31. The molecule has 0 aliphatic carbocycles. The van der Waals surface area contributed by atoms with Crippen molar-refractivity contribution < 1.29 is 0 Å². The largest absolute Gasteiger partial charge is 0.383 e. The Kier molecular flexibility index (Phi) is 7.99. The SMILES string of the molecule is CCCCCCCc1c(C#N)c(N)nc(SCc2ccccc2)c1C#N. The summed E-state index contributed by atoms with van der Waals surface area (Å²) in [6, 6.07) is 14.4. The van der Waals surface area contributed by atoms with Crippen LogP contribution in [0.1, 0.15) is 61.3 Å². The van der Waals surface area contributed by atoms with E-state index in [1.165, 1.54) is 31.0 Å². The number of hydrogen-bond donors (Lipinski definition) is 1. The number of thioether (sulfide) groups is 1. The number of unbranched alkanes of at least 4 members (excludes halogenated alkanes) is 4. The van der Waals surface area contributed by atoms with Crippen molar-refractivity contribution in [3.63, 3.8) is 0 Å². The predicted molar refractivity (Wildman–Crippen MR) is 107 cm³/mol. The molecule has 0 amide bonds. The molecule has 5 heteroatoms. The van der Waals surface area contributed by atoms with Crippen LogP contribution in [0.15, 0.2) is 35.4 Å². The zero-order valence-corrected chi connectivity index (χ0v) is 16.0. The summed E-state index contributed by atoms with van der Waals surface area (Å²) in [6.07, 6.45) is 6.33. The molecule has 0 saturated carbocycles. The van der Waals surface area contributed by atoms with Crippen molar-refractivity contribution >= 4 is 17.6 Å². The average Bonchev–Trinajstić information content (AvgIpc) is 2.67. The minimum absolute atomic E-state index is 0.227. The second kappa shape index (κ2) is 10.5. The molecule has 0 fully saturated rings. The van der Waals surface area contributed by atoms with Crippen LogP contribution < -0.4 is 5.73 Å². The van der Waals surface area contributed by atoms with Gasteiger partial charge in [0.05, 0.1) is 11.1 Å². The van der Waals surface area contributed by atoms with E-state index in [1.54, 1.807) is 0 Å². The van der Waals surface area contributed by atoms with Crippen molar-refractivity contribution in [1.82, 2.24) is 4.98 Å². The normalized spacial score (nSPS) is 10.3. The number of aromatic nitrogens is 1. The van der Waals surface area contributed by atoms with Crippen molar-refractivity contribution in [2.75, 3.05) is 5.73 Å². The van der Waals surface area contributed by atoms with Gasteiger partial charge in [0.2, 0.25) is 0 Å². The van der Waals surface area contributed by atoms with Gasteiger partial charge in [-0.3, -0.25) is 0 Å². The summed E-state index contributed by atoms with van der Waals surface area (Å²) >= 11 is 1.50. The van der Waals surface area contributed by atoms with E-state index in [4.69, 9.17) is 5.73 Å². The van der Waals surface area contributed by atoms with E-state index in [1.807, 2.05) is 30.3 Å². The molecule has 1 aromatic carbocycles. The molecule has 2 N–H and O–H groups in total.